The number of aromatic nitrogens is 1. The molecule has 21 heavy (non-hydrogen) atoms. The van der Waals surface area contributed by atoms with E-state index in [-0.39, 0.29) is 12.4 Å². The first-order valence-corrected chi connectivity index (χ1v) is 6.91. The van der Waals surface area contributed by atoms with Crippen LogP contribution in [0.15, 0.2) is 36.5 Å². The second-order valence-corrected chi connectivity index (χ2v) is 4.70. The molecule has 2 rings (SSSR count). The third kappa shape index (κ3) is 4.79. The summed E-state index contributed by atoms with van der Waals surface area (Å²) in [5.74, 6) is -1.32. The minimum Gasteiger partial charge on any atom is -0.484 e. The van der Waals surface area contributed by atoms with Gasteiger partial charge in [-0.2, -0.15) is 0 Å². The third-order valence-electron chi connectivity index (χ3n) is 2.91. The lowest BCUT2D eigenvalue weighted by atomic mass is 10.2. The lowest BCUT2D eigenvalue weighted by Crippen LogP contribution is -2.14. The highest BCUT2D eigenvalue weighted by molar-refractivity contribution is 5.25. The molecule has 0 amide bonds. The Morgan fingerprint density at radius 1 is 1.19 bits per heavy atom. The second-order valence-electron chi connectivity index (χ2n) is 4.70. The van der Waals surface area contributed by atoms with Crippen LogP contribution >= 0.6 is 0 Å². The van der Waals surface area contributed by atoms with Gasteiger partial charge in [-0.25, -0.2) is 8.78 Å². The van der Waals surface area contributed by atoms with Crippen LogP contribution in [0.4, 0.5) is 8.78 Å². The van der Waals surface area contributed by atoms with E-state index in [0.29, 0.717) is 5.69 Å². The summed E-state index contributed by atoms with van der Waals surface area (Å²) >= 11 is 0. The summed E-state index contributed by atoms with van der Waals surface area (Å²) in [6.07, 6.45) is 2.85. The van der Waals surface area contributed by atoms with E-state index in [1.807, 2.05) is 12.1 Å². The summed E-state index contributed by atoms with van der Waals surface area (Å²) in [7, 11) is 0. The van der Waals surface area contributed by atoms with Gasteiger partial charge in [0.15, 0.2) is 11.6 Å². The molecule has 0 aliphatic carbocycles. The third-order valence-corrected chi connectivity index (χ3v) is 2.91. The predicted molar refractivity (Wildman–Crippen MR) is 76.9 cm³/mol. The fraction of sp³-hybridized carbons (Fsp3) is 0.312. The zero-order valence-electron chi connectivity index (χ0n) is 11.9. The molecular weight excluding hydrogens is 274 g/mol. The van der Waals surface area contributed by atoms with Crippen LogP contribution in [-0.4, -0.2) is 11.5 Å². The molecule has 0 saturated carbocycles. The first-order chi connectivity index (χ1) is 10.2. The Morgan fingerprint density at radius 3 is 2.71 bits per heavy atom. The Morgan fingerprint density at radius 2 is 2.05 bits per heavy atom. The van der Waals surface area contributed by atoms with Crippen molar-refractivity contribution in [1.82, 2.24) is 10.3 Å². The Kier molecular flexibility index (Phi) is 5.63. The Bertz CT molecular complexity index is 573. The van der Waals surface area contributed by atoms with Gasteiger partial charge in [-0.15, -0.1) is 0 Å². The van der Waals surface area contributed by atoms with Crippen molar-refractivity contribution in [3.05, 3.63) is 59.4 Å². The second kappa shape index (κ2) is 7.69. The molecule has 0 fully saturated rings. The number of hydrogen-bond acceptors (Lipinski definition) is 3. The molecular formula is C16H18F2N2O. The predicted octanol–water partition coefficient (Wildman–Crippen LogP) is 3.44. The van der Waals surface area contributed by atoms with Gasteiger partial charge in [0.1, 0.15) is 12.4 Å². The van der Waals surface area contributed by atoms with Gasteiger partial charge in [-0.3, -0.25) is 4.98 Å². The van der Waals surface area contributed by atoms with Crippen LogP contribution < -0.4 is 10.1 Å². The fourth-order valence-corrected chi connectivity index (χ4v) is 1.80. The van der Waals surface area contributed by atoms with Crippen molar-refractivity contribution in [2.24, 2.45) is 0 Å². The minimum atomic E-state index is -0.713. The van der Waals surface area contributed by atoms with Crippen LogP contribution in [0.1, 0.15) is 24.6 Å². The van der Waals surface area contributed by atoms with Crippen molar-refractivity contribution in [1.29, 1.82) is 0 Å². The summed E-state index contributed by atoms with van der Waals surface area (Å²) < 4.78 is 31.5. The Balaban J connectivity index is 1.88. The average molecular weight is 292 g/mol. The fourth-order valence-electron chi connectivity index (χ4n) is 1.80. The Labute approximate surface area is 123 Å². The number of ether oxygens (including phenoxy) is 1. The number of nitrogens with one attached hydrogen (secondary N) is 1. The summed E-state index contributed by atoms with van der Waals surface area (Å²) in [6.45, 7) is 3.99. The van der Waals surface area contributed by atoms with Crippen molar-refractivity contribution in [3.63, 3.8) is 0 Å². The summed E-state index contributed by atoms with van der Waals surface area (Å²) in [5.41, 5.74) is 1.78. The first kappa shape index (κ1) is 15.4. The molecule has 0 aliphatic heterocycles. The number of halogens is 2. The molecule has 0 radical (unpaired) electrons. The maximum atomic E-state index is 13.4. The van der Waals surface area contributed by atoms with E-state index >= 15 is 0 Å². The van der Waals surface area contributed by atoms with Gasteiger partial charge in [-0.1, -0.05) is 13.0 Å². The zero-order chi connectivity index (χ0) is 15.1. The summed E-state index contributed by atoms with van der Waals surface area (Å²) in [5, 5.41) is 3.29. The molecule has 1 aromatic heterocycles. The molecule has 0 bridgehead atoms. The summed E-state index contributed by atoms with van der Waals surface area (Å²) in [4.78, 5) is 4.26. The van der Waals surface area contributed by atoms with E-state index in [0.717, 1.165) is 37.2 Å². The molecule has 0 saturated heterocycles. The van der Waals surface area contributed by atoms with Crippen LogP contribution in [0.3, 0.4) is 0 Å². The van der Waals surface area contributed by atoms with E-state index in [1.165, 1.54) is 6.07 Å². The van der Waals surface area contributed by atoms with Gasteiger partial charge < -0.3 is 10.1 Å². The van der Waals surface area contributed by atoms with Crippen molar-refractivity contribution in [3.8, 4) is 5.75 Å². The Hall–Kier alpha value is -2.01. The maximum Gasteiger partial charge on any atom is 0.167 e. The number of hydrogen-bond donors (Lipinski definition) is 1. The standard InChI is InChI=1S/C16H18F2N2O/c1-2-7-19-9-12-3-5-14(20-10-12)11-21-16-6-4-13(17)8-15(16)18/h3-6,8,10,19H,2,7,9,11H2,1H3. The summed E-state index contributed by atoms with van der Waals surface area (Å²) in [6, 6.07) is 7.02. The van der Waals surface area contributed by atoms with E-state index in [4.69, 9.17) is 4.74 Å². The van der Waals surface area contributed by atoms with E-state index in [9.17, 15) is 8.78 Å². The van der Waals surface area contributed by atoms with E-state index in [1.54, 1.807) is 6.20 Å². The molecule has 0 atom stereocenters. The number of nitrogens with zero attached hydrogens (tertiary/aromatic N) is 1. The van der Waals surface area contributed by atoms with E-state index < -0.39 is 11.6 Å². The van der Waals surface area contributed by atoms with Gasteiger partial charge in [-0.05, 0) is 36.7 Å². The SMILES string of the molecule is CCCNCc1ccc(COc2ccc(F)cc2F)nc1. The number of benzene rings is 1. The van der Waals surface area contributed by atoms with Gasteiger partial charge in [0.25, 0.3) is 0 Å². The van der Waals surface area contributed by atoms with Crippen molar-refractivity contribution in [2.75, 3.05) is 6.54 Å². The largest absolute Gasteiger partial charge is 0.484 e. The van der Waals surface area contributed by atoms with Crippen LogP contribution in [0, 0.1) is 11.6 Å². The molecule has 1 heterocycles. The smallest absolute Gasteiger partial charge is 0.167 e. The number of rotatable bonds is 7. The van der Waals surface area contributed by atoms with Crippen molar-refractivity contribution < 1.29 is 13.5 Å². The van der Waals surface area contributed by atoms with Crippen LogP contribution in [0.25, 0.3) is 0 Å². The van der Waals surface area contributed by atoms with Crippen molar-refractivity contribution >= 4 is 0 Å². The highest BCUT2D eigenvalue weighted by Crippen LogP contribution is 2.18. The normalized spacial score (nSPS) is 10.6. The maximum absolute atomic E-state index is 13.4. The van der Waals surface area contributed by atoms with Crippen LogP contribution in [0.5, 0.6) is 5.75 Å². The topological polar surface area (TPSA) is 34.1 Å². The molecule has 0 unspecified atom stereocenters. The minimum absolute atomic E-state index is 0.0203. The monoisotopic (exact) mass is 292 g/mol. The lowest BCUT2D eigenvalue weighted by Gasteiger charge is -2.08. The molecule has 3 nitrogen and oxygen atoms in total. The van der Waals surface area contributed by atoms with Crippen LogP contribution in [-0.2, 0) is 13.2 Å². The van der Waals surface area contributed by atoms with E-state index in [2.05, 4.69) is 17.2 Å². The quantitative estimate of drug-likeness (QED) is 0.794. The highest BCUT2D eigenvalue weighted by atomic mass is 19.1. The highest BCUT2D eigenvalue weighted by Gasteiger charge is 2.05. The number of pyridine rings is 1. The molecule has 5 heteroatoms. The zero-order valence-corrected chi connectivity index (χ0v) is 11.9. The van der Waals surface area contributed by atoms with Crippen molar-refractivity contribution in [2.45, 2.75) is 26.5 Å². The molecule has 1 N–H and O–H groups in total. The van der Waals surface area contributed by atoms with Gasteiger partial charge >= 0.3 is 0 Å². The molecule has 0 aliphatic rings. The average Bonchev–Trinajstić information content (AvgIpc) is 2.48. The van der Waals surface area contributed by atoms with Gasteiger partial charge in [0.2, 0.25) is 0 Å². The molecule has 0 spiro atoms. The molecule has 112 valence electrons. The lowest BCUT2D eigenvalue weighted by molar-refractivity contribution is 0.285. The van der Waals surface area contributed by atoms with Gasteiger partial charge in [0, 0.05) is 18.8 Å². The van der Waals surface area contributed by atoms with Crippen LogP contribution in [0.2, 0.25) is 0 Å². The molecule has 2 aromatic rings. The van der Waals surface area contributed by atoms with Gasteiger partial charge in [0.05, 0.1) is 5.69 Å². The first-order valence-electron chi connectivity index (χ1n) is 6.91. The molecule has 1 aromatic carbocycles.